The molecule has 0 N–H and O–H groups in total. The fourth-order valence-electron chi connectivity index (χ4n) is 3.23. The Kier molecular flexibility index (Phi) is 3.69. The number of hydrogen-bond acceptors (Lipinski definition) is 5. The van der Waals surface area contributed by atoms with E-state index < -0.39 is 5.63 Å². The van der Waals surface area contributed by atoms with Crippen LogP contribution in [0.25, 0.3) is 10.8 Å². The maximum atomic E-state index is 12.9. The van der Waals surface area contributed by atoms with Crippen molar-refractivity contribution < 1.29 is 9.21 Å². The second-order valence-corrected chi connectivity index (χ2v) is 7.00. The van der Waals surface area contributed by atoms with Crippen molar-refractivity contribution >= 4 is 28.0 Å². The molecule has 0 spiro atoms. The summed E-state index contributed by atoms with van der Waals surface area (Å²) in [5, 5.41) is 4.20. The van der Waals surface area contributed by atoms with E-state index in [0.29, 0.717) is 11.9 Å². The van der Waals surface area contributed by atoms with Crippen LogP contribution < -0.4 is 5.63 Å². The zero-order chi connectivity index (χ0) is 16.7. The van der Waals surface area contributed by atoms with Crippen molar-refractivity contribution in [2.45, 2.75) is 25.8 Å². The number of carbonyl (C=O) groups is 1. The van der Waals surface area contributed by atoms with Gasteiger partial charge in [0.25, 0.3) is 5.91 Å². The van der Waals surface area contributed by atoms with Gasteiger partial charge in [-0.05, 0) is 37.3 Å². The van der Waals surface area contributed by atoms with Gasteiger partial charge >= 0.3 is 5.63 Å². The molecule has 0 radical (unpaired) electrons. The standard InChI is InChI=1S/C18H16N2O3S/c1-11-19-14(10-24-11)15-7-4-8-20(15)17(21)16-9-12-5-2-3-6-13(12)18(22)23-16/h2-3,5-6,9-10,15H,4,7-8H2,1H3. The molecule has 3 heterocycles. The molecule has 3 aromatic rings. The minimum Gasteiger partial charge on any atom is -0.417 e. The highest BCUT2D eigenvalue weighted by atomic mass is 32.1. The van der Waals surface area contributed by atoms with Gasteiger partial charge < -0.3 is 9.32 Å². The normalized spacial score (nSPS) is 17.5. The van der Waals surface area contributed by atoms with E-state index in [9.17, 15) is 9.59 Å². The Hall–Kier alpha value is -2.47. The molecule has 6 heteroatoms. The number of likely N-dealkylation sites (tertiary alicyclic amines) is 1. The Labute approximate surface area is 142 Å². The summed E-state index contributed by atoms with van der Waals surface area (Å²) in [6, 6.07) is 8.75. The first kappa shape index (κ1) is 15.1. The summed E-state index contributed by atoms with van der Waals surface area (Å²) in [4.78, 5) is 31.3. The van der Waals surface area contributed by atoms with Crippen LogP contribution in [0.1, 0.15) is 40.1 Å². The van der Waals surface area contributed by atoms with Crippen molar-refractivity contribution in [2.24, 2.45) is 0 Å². The van der Waals surface area contributed by atoms with Gasteiger partial charge in [-0.25, -0.2) is 9.78 Å². The lowest BCUT2D eigenvalue weighted by Gasteiger charge is -2.22. The number of thiazole rings is 1. The molecular formula is C18H16N2O3S. The summed E-state index contributed by atoms with van der Waals surface area (Å²) in [7, 11) is 0. The molecule has 1 saturated heterocycles. The summed E-state index contributed by atoms with van der Waals surface area (Å²) >= 11 is 1.58. The molecule has 0 saturated carbocycles. The maximum absolute atomic E-state index is 12.9. The van der Waals surface area contributed by atoms with E-state index in [4.69, 9.17) is 4.42 Å². The number of amides is 1. The van der Waals surface area contributed by atoms with Crippen molar-refractivity contribution in [1.82, 2.24) is 9.88 Å². The SMILES string of the molecule is Cc1nc(C2CCCN2C(=O)c2cc3ccccc3c(=O)o2)cs1. The molecule has 1 aromatic carbocycles. The van der Waals surface area contributed by atoms with Crippen molar-refractivity contribution in [3.05, 3.63) is 62.6 Å². The number of nitrogens with zero attached hydrogens (tertiary/aromatic N) is 2. The minimum atomic E-state index is -0.475. The van der Waals surface area contributed by atoms with E-state index in [2.05, 4.69) is 4.98 Å². The van der Waals surface area contributed by atoms with E-state index in [-0.39, 0.29) is 17.7 Å². The lowest BCUT2D eigenvalue weighted by atomic mass is 10.1. The van der Waals surface area contributed by atoms with Gasteiger partial charge in [-0.2, -0.15) is 0 Å². The van der Waals surface area contributed by atoms with Gasteiger partial charge in [0.15, 0.2) is 5.76 Å². The predicted octanol–water partition coefficient (Wildman–Crippen LogP) is 3.54. The monoisotopic (exact) mass is 340 g/mol. The number of carbonyl (C=O) groups excluding carboxylic acids is 1. The average Bonchev–Trinajstić information content (AvgIpc) is 3.22. The summed E-state index contributed by atoms with van der Waals surface area (Å²) in [6.45, 7) is 2.61. The molecule has 1 amide bonds. The Morgan fingerprint density at radius 1 is 1.38 bits per heavy atom. The molecule has 1 atom stereocenters. The highest BCUT2D eigenvalue weighted by Crippen LogP contribution is 2.33. The van der Waals surface area contributed by atoms with Gasteiger partial charge in [0, 0.05) is 11.9 Å². The molecule has 122 valence electrons. The Balaban J connectivity index is 1.71. The molecule has 4 rings (SSSR count). The van der Waals surface area contributed by atoms with Crippen LogP contribution in [0.3, 0.4) is 0 Å². The number of rotatable bonds is 2. The lowest BCUT2D eigenvalue weighted by molar-refractivity contribution is 0.0696. The van der Waals surface area contributed by atoms with Crippen LogP contribution in [0.4, 0.5) is 0 Å². The molecule has 0 aliphatic carbocycles. The molecule has 5 nitrogen and oxygen atoms in total. The summed E-state index contributed by atoms with van der Waals surface area (Å²) < 4.78 is 5.29. The van der Waals surface area contributed by atoms with Crippen LogP contribution in [0.5, 0.6) is 0 Å². The minimum absolute atomic E-state index is 0.0424. The van der Waals surface area contributed by atoms with Crippen molar-refractivity contribution in [3.63, 3.8) is 0 Å². The number of fused-ring (bicyclic) bond motifs is 1. The number of hydrogen-bond donors (Lipinski definition) is 0. The molecule has 0 bridgehead atoms. The zero-order valence-electron chi connectivity index (χ0n) is 13.2. The van der Waals surface area contributed by atoms with Gasteiger partial charge in [-0.1, -0.05) is 18.2 Å². The van der Waals surface area contributed by atoms with Crippen LogP contribution >= 0.6 is 11.3 Å². The third-order valence-electron chi connectivity index (χ3n) is 4.37. The van der Waals surface area contributed by atoms with Crippen molar-refractivity contribution in [2.75, 3.05) is 6.54 Å². The number of aryl methyl sites for hydroxylation is 1. The molecule has 2 aromatic heterocycles. The zero-order valence-corrected chi connectivity index (χ0v) is 14.0. The third-order valence-corrected chi connectivity index (χ3v) is 5.16. The smallest absolute Gasteiger partial charge is 0.344 e. The second-order valence-electron chi connectivity index (χ2n) is 5.93. The Bertz CT molecular complexity index is 976. The first-order valence-corrected chi connectivity index (χ1v) is 8.77. The van der Waals surface area contributed by atoms with Crippen molar-refractivity contribution in [3.8, 4) is 0 Å². The summed E-state index contributed by atoms with van der Waals surface area (Å²) in [6.07, 6.45) is 1.80. The second kappa shape index (κ2) is 5.87. The van der Waals surface area contributed by atoms with E-state index in [1.807, 2.05) is 24.4 Å². The highest BCUT2D eigenvalue weighted by Gasteiger charge is 2.33. The van der Waals surface area contributed by atoms with Gasteiger partial charge in [0.05, 0.1) is 22.1 Å². The Morgan fingerprint density at radius 3 is 3.00 bits per heavy atom. The molecular weight excluding hydrogens is 324 g/mol. The largest absolute Gasteiger partial charge is 0.417 e. The fraction of sp³-hybridized carbons (Fsp3) is 0.278. The maximum Gasteiger partial charge on any atom is 0.344 e. The lowest BCUT2D eigenvalue weighted by Crippen LogP contribution is -2.31. The molecule has 1 unspecified atom stereocenters. The quantitative estimate of drug-likeness (QED) is 0.716. The Morgan fingerprint density at radius 2 is 2.21 bits per heavy atom. The third kappa shape index (κ3) is 2.53. The van der Waals surface area contributed by atoms with Crippen LogP contribution in [0.2, 0.25) is 0 Å². The molecule has 1 aliphatic heterocycles. The molecule has 1 fully saturated rings. The van der Waals surface area contributed by atoms with Crippen LogP contribution in [-0.2, 0) is 0 Å². The van der Waals surface area contributed by atoms with E-state index in [1.54, 1.807) is 34.4 Å². The molecule has 24 heavy (non-hydrogen) atoms. The first-order valence-electron chi connectivity index (χ1n) is 7.89. The predicted molar refractivity (Wildman–Crippen MR) is 92.3 cm³/mol. The van der Waals surface area contributed by atoms with Gasteiger partial charge in [0.2, 0.25) is 0 Å². The van der Waals surface area contributed by atoms with Gasteiger partial charge in [-0.3, -0.25) is 4.79 Å². The van der Waals surface area contributed by atoms with Crippen LogP contribution in [-0.4, -0.2) is 22.3 Å². The average molecular weight is 340 g/mol. The van der Waals surface area contributed by atoms with E-state index in [0.717, 1.165) is 28.9 Å². The number of benzene rings is 1. The fourth-order valence-corrected chi connectivity index (χ4v) is 3.89. The topological polar surface area (TPSA) is 63.4 Å². The molecule has 1 aliphatic rings. The van der Waals surface area contributed by atoms with Crippen molar-refractivity contribution in [1.29, 1.82) is 0 Å². The highest BCUT2D eigenvalue weighted by molar-refractivity contribution is 7.09. The first-order chi connectivity index (χ1) is 11.6. The number of aromatic nitrogens is 1. The van der Waals surface area contributed by atoms with E-state index in [1.165, 1.54) is 0 Å². The van der Waals surface area contributed by atoms with Crippen LogP contribution in [0.15, 0.2) is 44.9 Å². The summed E-state index contributed by atoms with van der Waals surface area (Å²) in [5.41, 5.74) is 0.447. The van der Waals surface area contributed by atoms with Crippen LogP contribution in [0, 0.1) is 6.92 Å². The van der Waals surface area contributed by atoms with Gasteiger partial charge in [-0.15, -0.1) is 11.3 Å². The van der Waals surface area contributed by atoms with Gasteiger partial charge in [0.1, 0.15) is 0 Å². The van der Waals surface area contributed by atoms with E-state index >= 15 is 0 Å². The summed E-state index contributed by atoms with van der Waals surface area (Å²) in [5.74, 6) is -0.149.